The summed E-state index contributed by atoms with van der Waals surface area (Å²) in [5.41, 5.74) is 0.198. The summed E-state index contributed by atoms with van der Waals surface area (Å²) in [5, 5.41) is 15.5. The molecule has 170 valence electrons. The van der Waals surface area contributed by atoms with E-state index in [-0.39, 0.29) is 30.5 Å². The standard InChI is InChI=1S/C21H17F3N6O3/c1-2-32-20(31)19-17(12-29(26-19)15-6-4-3-5-7-15)33-13-18-25-27-28-30(18)16-10-8-14(9-11-16)21(22,23)24/h3-12H,2,13H2,1H3. The Morgan fingerprint density at radius 3 is 2.42 bits per heavy atom. The van der Waals surface area contributed by atoms with Crippen LogP contribution in [0.2, 0.25) is 0 Å². The van der Waals surface area contributed by atoms with Crippen molar-refractivity contribution < 1.29 is 27.4 Å². The molecule has 0 spiro atoms. The number of rotatable bonds is 7. The fourth-order valence-corrected chi connectivity index (χ4v) is 2.95. The summed E-state index contributed by atoms with van der Waals surface area (Å²) in [4.78, 5) is 12.4. The van der Waals surface area contributed by atoms with Crippen molar-refractivity contribution in [3.05, 3.63) is 77.9 Å². The third-order valence-corrected chi connectivity index (χ3v) is 4.50. The number of para-hydroxylation sites is 1. The van der Waals surface area contributed by atoms with E-state index in [9.17, 15) is 18.0 Å². The van der Waals surface area contributed by atoms with Crippen molar-refractivity contribution >= 4 is 5.97 Å². The van der Waals surface area contributed by atoms with Crippen molar-refractivity contribution in [2.75, 3.05) is 6.61 Å². The summed E-state index contributed by atoms with van der Waals surface area (Å²) in [6.07, 6.45) is -2.93. The maximum Gasteiger partial charge on any atom is 0.416 e. The Labute approximate surface area is 185 Å². The molecule has 0 atom stereocenters. The summed E-state index contributed by atoms with van der Waals surface area (Å²) < 4.78 is 52.0. The Morgan fingerprint density at radius 1 is 1.03 bits per heavy atom. The molecule has 2 aromatic heterocycles. The van der Waals surface area contributed by atoms with E-state index in [1.54, 1.807) is 19.1 Å². The highest BCUT2D eigenvalue weighted by Gasteiger charge is 2.30. The van der Waals surface area contributed by atoms with Gasteiger partial charge in [0.2, 0.25) is 5.69 Å². The number of aromatic nitrogens is 6. The zero-order valence-corrected chi connectivity index (χ0v) is 17.2. The number of halogens is 3. The number of esters is 1. The molecule has 2 heterocycles. The van der Waals surface area contributed by atoms with Crippen LogP contribution in [0.4, 0.5) is 13.2 Å². The summed E-state index contributed by atoms with van der Waals surface area (Å²) in [5.74, 6) is -0.319. The van der Waals surface area contributed by atoms with E-state index in [1.165, 1.54) is 27.7 Å². The van der Waals surface area contributed by atoms with E-state index in [1.807, 2.05) is 18.2 Å². The minimum atomic E-state index is -4.45. The molecule has 2 aromatic carbocycles. The van der Waals surface area contributed by atoms with Gasteiger partial charge in [0.15, 0.2) is 18.2 Å². The number of nitrogens with zero attached hydrogens (tertiary/aromatic N) is 6. The van der Waals surface area contributed by atoms with Crippen LogP contribution in [-0.4, -0.2) is 42.6 Å². The van der Waals surface area contributed by atoms with Gasteiger partial charge in [-0.15, -0.1) is 5.10 Å². The number of ether oxygens (including phenoxy) is 2. The maximum atomic E-state index is 12.8. The lowest BCUT2D eigenvalue weighted by atomic mass is 10.2. The highest BCUT2D eigenvalue weighted by atomic mass is 19.4. The Hall–Kier alpha value is -4.22. The molecule has 9 nitrogen and oxygen atoms in total. The van der Waals surface area contributed by atoms with Crippen LogP contribution in [0.5, 0.6) is 5.75 Å². The largest absolute Gasteiger partial charge is 0.481 e. The average Bonchev–Trinajstić information content (AvgIpc) is 3.45. The van der Waals surface area contributed by atoms with Crippen LogP contribution in [0, 0.1) is 0 Å². The Morgan fingerprint density at radius 2 is 1.76 bits per heavy atom. The van der Waals surface area contributed by atoms with E-state index >= 15 is 0 Å². The van der Waals surface area contributed by atoms with Gasteiger partial charge in [0, 0.05) is 0 Å². The summed E-state index contributed by atoms with van der Waals surface area (Å²) in [6, 6.07) is 13.5. The van der Waals surface area contributed by atoms with Crippen LogP contribution in [0.15, 0.2) is 60.8 Å². The van der Waals surface area contributed by atoms with E-state index in [2.05, 4.69) is 20.6 Å². The van der Waals surface area contributed by atoms with Gasteiger partial charge in [0.1, 0.15) is 0 Å². The number of carbonyl (C=O) groups excluding carboxylic acids is 1. The molecule has 4 rings (SSSR count). The molecule has 0 aliphatic heterocycles. The second kappa shape index (κ2) is 9.10. The molecule has 0 N–H and O–H groups in total. The second-order valence-corrected chi connectivity index (χ2v) is 6.68. The molecule has 0 aliphatic rings. The Bertz CT molecular complexity index is 1240. The lowest BCUT2D eigenvalue weighted by molar-refractivity contribution is -0.137. The Balaban J connectivity index is 1.58. The highest BCUT2D eigenvalue weighted by Crippen LogP contribution is 2.29. The highest BCUT2D eigenvalue weighted by molar-refractivity contribution is 5.90. The molecule has 0 saturated heterocycles. The van der Waals surface area contributed by atoms with Gasteiger partial charge in [0.25, 0.3) is 0 Å². The lowest BCUT2D eigenvalue weighted by Crippen LogP contribution is -2.11. The minimum absolute atomic E-state index is 0.0331. The first-order valence-electron chi connectivity index (χ1n) is 9.76. The van der Waals surface area contributed by atoms with Crippen LogP contribution in [0.1, 0.15) is 28.8 Å². The Kier molecular flexibility index (Phi) is 6.07. The SMILES string of the molecule is CCOC(=O)c1nn(-c2ccccc2)cc1OCc1nnnn1-c1ccc(C(F)(F)F)cc1. The van der Waals surface area contributed by atoms with E-state index in [4.69, 9.17) is 9.47 Å². The molecule has 12 heteroatoms. The smallest absolute Gasteiger partial charge is 0.416 e. The zero-order chi connectivity index (χ0) is 23.4. The molecule has 0 amide bonds. The van der Waals surface area contributed by atoms with Crippen LogP contribution >= 0.6 is 0 Å². The lowest BCUT2D eigenvalue weighted by Gasteiger charge is -2.09. The molecule has 0 fully saturated rings. The van der Waals surface area contributed by atoms with Crippen molar-refractivity contribution in [2.45, 2.75) is 19.7 Å². The van der Waals surface area contributed by atoms with Gasteiger partial charge < -0.3 is 9.47 Å². The fourth-order valence-electron chi connectivity index (χ4n) is 2.95. The molecule has 4 aromatic rings. The first-order valence-corrected chi connectivity index (χ1v) is 9.76. The van der Waals surface area contributed by atoms with Crippen molar-refractivity contribution in [3.63, 3.8) is 0 Å². The third-order valence-electron chi connectivity index (χ3n) is 4.50. The van der Waals surface area contributed by atoms with Crippen molar-refractivity contribution in [3.8, 4) is 17.1 Å². The summed E-state index contributed by atoms with van der Waals surface area (Å²) in [6.45, 7) is 1.65. The molecule has 33 heavy (non-hydrogen) atoms. The number of alkyl halides is 3. The predicted octanol–water partition coefficient (Wildman–Crippen LogP) is 3.62. The van der Waals surface area contributed by atoms with Gasteiger partial charge in [-0.25, -0.2) is 9.48 Å². The zero-order valence-electron chi connectivity index (χ0n) is 17.2. The predicted molar refractivity (Wildman–Crippen MR) is 108 cm³/mol. The minimum Gasteiger partial charge on any atom is -0.481 e. The van der Waals surface area contributed by atoms with Crippen molar-refractivity contribution in [1.82, 2.24) is 30.0 Å². The van der Waals surface area contributed by atoms with Gasteiger partial charge in [-0.3, -0.25) is 0 Å². The van der Waals surface area contributed by atoms with Crippen LogP contribution in [-0.2, 0) is 17.5 Å². The van der Waals surface area contributed by atoms with Gasteiger partial charge in [-0.2, -0.15) is 23.0 Å². The normalized spacial score (nSPS) is 11.4. The third kappa shape index (κ3) is 4.84. The first-order chi connectivity index (χ1) is 15.9. The average molecular weight is 458 g/mol. The number of hydrogen-bond donors (Lipinski definition) is 0. The van der Waals surface area contributed by atoms with Gasteiger partial charge >= 0.3 is 12.1 Å². The number of hydrogen-bond acceptors (Lipinski definition) is 7. The van der Waals surface area contributed by atoms with Gasteiger partial charge in [0.05, 0.1) is 29.7 Å². The monoisotopic (exact) mass is 458 g/mol. The van der Waals surface area contributed by atoms with Crippen molar-refractivity contribution in [1.29, 1.82) is 0 Å². The van der Waals surface area contributed by atoms with E-state index in [0.717, 1.165) is 12.1 Å². The number of benzene rings is 2. The first kappa shape index (κ1) is 22.0. The van der Waals surface area contributed by atoms with Crippen LogP contribution in [0.3, 0.4) is 0 Å². The quantitative estimate of drug-likeness (QED) is 0.390. The van der Waals surface area contributed by atoms with Crippen LogP contribution < -0.4 is 4.74 Å². The maximum absolute atomic E-state index is 12.8. The van der Waals surface area contributed by atoms with E-state index < -0.39 is 17.7 Å². The molecule has 0 unspecified atom stereocenters. The molecule has 0 aliphatic carbocycles. The molecule has 0 saturated carbocycles. The summed E-state index contributed by atoms with van der Waals surface area (Å²) in [7, 11) is 0. The molecule has 0 radical (unpaired) electrons. The summed E-state index contributed by atoms with van der Waals surface area (Å²) >= 11 is 0. The topological polar surface area (TPSA) is 96.9 Å². The number of tetrazole rings is 1. The second-order valence-electron chi connectivity index (χ2n) is 6.68. The van der Waals surface area contributed by atoms with Crippen LogP contribution in [0.25, 0.3) is 11.4 Å². The molecular formula is C21H17F3N6O3. The van der Waals surface area contributed by atoms with Crippen molar-refractivity contribution in [2.24, 2.45) is 0 Å². The van der Waals surface area contributed by atoms with E-state index in [0.29, 0.717) is 11.4 Å². The molecule has 0 bridgehead atoms. The fraction of sp³-hybridized carbons (Fsp3) is 0.190. The molecular weight excluding hydrogens is 441 g/mol. The number of carbonyl (C=O) groups is 1. The van der Waals surface area contributed by atoms with Gasteiger partial charge in [-0.05, 0) is 53.7 Å². The van der Waals surface area contributed by atoms with Gasteiger partial charge in [-0.1, -0.05) is 18.2 Å².